The number of carbonyl (C=O) groups excluding carboxylic acids is 1. The Morgan fingerprint density at radius 1 is 1.00 bits per heavy atom. The molecule has 1 heterocycles. The van der Waals surface area contributed by atoms with Crippen molar-refractivity contribution in [2.24, 2.45) is 0 Å². The second-order valence-electron chi connectivity index (χ2n) is 7.72. The molecule has 4 rings (SSSR count). The summed E-state index contributed by atoms with van der Waals surface area (Å²) in [5.41, 5.74) is 3.47. The number of hydrogen-bond acceptors (Lipinski definition) is 6. The van der Waals surface area contributed by atoms with Crippen LogP contribution in [0.3, 0.4) is 0 Å². The molecule has 0 saturated heterocycles. The zero-order valence-corrected chi connectivity index (χ0v) is 21.2. The first-order valence-electron chi connectivity index (χ1n) is 10.9. The van der Waals surface area contributed by atoms with E-state index in [1.165, 1.54) is 0 Å². The van der Waals surface area contributed by atoms with Gasteiger partial charge in [0.15, 0.2) is 11.0 Å². The van der Waals surface area contributed by atoms with Crippen molar-refractivity contribution < 1.29 is 14.3 Å². The highest BCUT2D eigenvalue weighted by Gasteiger charge is 2.18. The number of ether oxygens (including phenoxy) is 2. The van der Waals surface area contributed by atoms with E-state index >= 15 is 0 Å². The zero-order valence-electron chi connectivity index (χ0n) is 19.6. The van der Waals surface area contributed by atoms with Gasteiger partial charge in [-0.05, 0) is 60.5 Å². The molecule has 4 aromatic rings. The van der Waals surface area contributed by atoms with Gasteiger partial charge in [0, 0.05) is 16.3 Å². The highest BCUT2D eigenvalue weighted by Crippen LogP contribution is 2.29. The Morgan fingerprint density at radius 2 is 1.74 bits per heavy atom. The molecule has 3 aromatic carbocycles. The second-order valence-corrected chi connectivity index (χ2v) is 9.10. The predicted octanol–water partition coefficient (Wildman–Crippen LogP) is 5.47. The summed E-state index contributed by atoms with van der Waals surface area (Å²) in [7, 11) is 3.22. The number of nitrogens with zero attached hydrogens (tertiary/aromatic N) is 3. The number of methoxy groups -OCH3 is 2. The molecule has 7 nitrogen and oxygen atoms in total. The minimum Gasteiger partial charge on any atom is -0.497 e. The Kier molecular flexibility index (Phi) is 7.94. The van der Waals surface area contributed by atoms with E-state index < -0.39 is 0 Å². The number of rotatable bonds is 9. The molecule has 1 aromatic heterocycles. The number of amides is 1. The Hall–Kier alpha value is -3.49. The lowest BCUT2D eigenvalue weighted by atomic mass is 10.2. The minimum atomic E-state index is -0.230. The third kappa shape index (κ3) is 5.96. The quantitative estimate of drug-likeness (QED) is 0.302. The van der Waals surface area contributed by atoms with E-state index in [1.807, 2.05) is 54.0 Å². The predicted molar refractivity (Wildman–Crippen MR) is 138 cm³/mol. The molecule has 0 atom stereocenters. The first-order chi connectivity index (χ1) is 17.0. The largest absolute Gasteiger partial charge is 0.497 e. The van der Waals surface area contributed by atoms with Gasteiger partial charge in [-0.15, -0.1) is 10.2 Å². The van der Waals surface area contributed by atoms with Crippen LogP contribution in [0, 0.1) is 6.92 Å². The topological polar surface area (TPSA) is 78.3 Å². The highest BCUT2D eigenvalue weighted by molar-refractivity contribution is 7.98. The molecular formula is C26H25ClN4O3S. The van der Waals surface area contributed by atoms with E-state index in [0.29, 0.717) is 33.1 Å². The van der Waals surface area contributed by atoms with Gasteiger partial charge in [0.05, 0.1) is 26.5 Å². The Balaban J connectivity index is 1.60. The lowest BCUT2D eigenvalue weighted by Crippen LogP contribution is -2.24. The number of aryl methyl sites for hydroxylation is 1. The van der Waals surface area contributed by atoms with E-state index in [2.05, 4.69) is 15.5 Å². The fourth-order valence-electron chi connectivity index (χ4n) is 3.51. The summed E-state index contributed by atoms with van der Waals surface area (Å²) in [5, 5.41) is 13.1. The van der Waals surface area contributed by atoms with Gasteiger partial charge >= 0.3 is 0 Å². The molecule has 9 heteroatoms. The smallest absolute Gasteiger partial charge is 0.251 e. The van der Waals surface area contributed by atoms with Crippen LogP contribution in [-0.4, -0.2) is 34.9 Å². The average Bonchev–Trinajstić information content (AvgIpc) is 3.30. The molecule has 180 valence electrons. The minimum absolute atomic E-state index is 0.189. The summed E-state index contributed by atoms with van der Waals surface area (Å²) in [4.78, 5) is 12.8. The van der Waals surface area contributed by atoms with Crippen molar-refractivity contribution >= 4 is 29.3 Å². The third-order valence-electron chi connectivity index (χ3n) is 5.35. The van der Waals surface area contributed by atoms with Crippen molar-refractivity contribution in [3.05, 3.63) is 94.3 Å². The zero-order chi connectivity index (χ0) is 24.8. The number of carbonyl (C=O) groups is 1. The van der Waals surface area contributed by atoms with E-state index in [-0.39, 0.29) is 12.5 Å². The molecule has 0 saturated carbocycles. The summed E-state index contributed by atoms with van der Waals surface area (Å²) in [6.45, 7) is 2.19. The molecule has 1 amide bonds. The monoisotopic (exact) mass is 508 g/mol. The van der Waals surface area contributed by atoms with Crippen molar-refractivity contribution in [2.75, 3.05) is 14.2 Å². The van der Waals surface area contributed by atoms with E-state index in [0.717, 1.165) is 22.6 Å². The normalized spacial score (nSPS) is 10.7. The fourth-order valence-corrected chi connectivity index (χ4v) is 4.58. The van der Waals surface area contributed by atoms with Gasteiger partial charge in [0.2, 0.25) is 0 Å². The number of halogens is 1. The van der Waals surface area contributed by atoms with E-state index in [4.69, 9.17) is 21.1 Å². The first kappa shape index (κ1) is 24.6. The van der Waals surface area contributed by atoms with E-state index in [9.17, 15) is 4.79 Å². The van der Waals surface area contributed by atoms with Crippen molar-refractivity contribution in [2.45, 2.75) is 24.4 Å². The Labute approximate surface area is 213 Å². The van der Waals surface area contributed by atoms with E-state index in [1.54, 1.807) is 50.2 Å². The van der Waals surface area contributed by atoms with Crippen LogP contribution in [0.2, 0.25) is 5.02 Å². The van der Waals surface area contributed by atoms with Gasteiger partial charge in [-0.3, -0.25) is 9.36 Å². The third-order valence-corrected chi connectivity index (χ3v) is 6.59. The number of hydrogen-bond donors (Lipinski definition) is 1. The number of nitrogens with one attached hydrogen (secondary N) is 1. The van der Waals surface area contributed by atoms with Gasteiger partial charge in [-0.2, -0.15) is 0 Å². The van der Waals surface area contributed by atoms with Crippen LogP contribution in [0.15, 0.2) is 71.9 Å². The summed E-state index contributed by atoms with van der Waals surface area (Å²) >= 11 is 7.87. The standard InChI is InChI=1S/C26H25ClN4O3S/c1-17-10-11-20(27)14-23(17)31-24(15-28-25(32)19-7-5-9-22(13-19)34-3)29-30-26(31)35-16-18-6-4-8-21(12-18)33-2/h4-14H,15-16H2,1-3H3,(H,28,32). The summed E-state index contributed by atoms with van der Waals surface area (Å²) in [6, 6.07) is 20.6. The van der Waals surface area contributed by atoms with Crippen LogP contribution in [-0.2, 0) is 12.3 Å². The molecule has 0 spiro atoms. The summed E-state index contributed by atoms with van der Waals surface area (Å²) < 4.78 is 12.5. The van der Waals surface area contributed by atoms with Crippen molar-refractivity contribution in [1.82, 2.24) is 20.1 Å². The van der Waals surface area contributed by atoms with Crippen LogP contribution in [0.5, 0.6) is 11.5 Å². The van der Waals surface area contributed by atoms with Crippen LogP contribution >= 0.6 is 23.4 Å². The summed E-state index contributed by atoms with van der Waals surface area (Å²) in [5.74, 6) is 2.46. The maximum atomic E-state index is 12.8. The van der Waals surface area contributed by atoms with Crippen LogP contribution in [0.1, 0.15) is 27.3 Å². The Bertz CT molecular complexity index is 1340. The SMILES string of the molecule is COc1cccc(CSc2nnc(CNC(=O)c3cccc(OC)c3)n2-c2cc(Cl)ccc2C)c1. The van der Waals surface area contributed by atoms with Gasteiger partial charge < -0.3 is 14.8 Å². The van der Waals surface area contributed by atoms with Gasteiger partial charge in [-0.25, -0.2) is 0 Å². The molecule has 0 unspecified atom stereocenters. The number of aromatic nitrogens is 3. The first-order valence-corrected chi connectivity index (χ1v) is 12.2. The fraction of sp³-hybridized carbons (Fsp3) is 0.192. The van der Waals surface area contributed by atoms with Gasteiger partial charge in [-0.1, -0.05) is 47.6 Å². The summed E-state index contributed by atoms with van der Waals surface area (Å²) in [6.07, 6.45) is 0. The van der Waals surface area contributed by atoms with Crippen molar-refractivity contribution in [1.29, 1.82) is 0 Å². The molecule has 0 bridgehead atoms. The molecule has 35 heavy (non-hydrogen) atoms. The molecule has 1 N–H and O–H groups in total. The Morgan fingerprint density at radius 3 is 2.51 bits per heavy atom. The lowest BCUT2D eigenvalue weighted by Gasteiger charge is -2.14. The molecule has 0 aliphatic rings. The van der Waals surface area contributed by atoms with Crippen LogP contribution in [0.4, 0.5) is 0 Å². The van der Waals surface area contributed by atoms with Crippen LogP contribution in [0.25, 0.3) is 5.69 Å². The molecule has 0 fully saturated rings. The maximum absolute atomic E-state index is 12.8. The van der Waals surface area contributed by atoms with Crippen molar-refractivity contribution in [3.8, 4) is 17.2 Å². The lowest BCUT2D eigenvalue weighted by molar-refractivity contribution is 0.0949. The van der Waals surface area contributed by atoms with Gasteiger partial charge in [0.1, 0.15) is 11.5 Å². The highest BCUT2D eigenvalue weighted by atomic mass is 35.5. The molecule has 0 aliphatic carbocycles. The average molecular weight is 509 g/mol. The number of benzene rings is 3. The van der Waals surface area contributed by atoms with Gasteiger partial charge in [0.25, 0.3) is 5.91 Å². The van der Waals surface area contributed by atoms with Crippen LogP contribution < -0.4 is 14.8 Å². The molecular weight excluding hydrogens is 484 g/mol. The number of thioether (sulfide) groups is 1. The van der Waals surface area contributed by atoms with Crippen molar-refractivity contribution in [3.63, 3.8) is 0 Å². The maximum Gasteiger partial charge on any atom is 0.251 e. The molecule has 0 aliphatic heterocycles. The molecule has 0 radical (unpaired) electrons. The second kappa shape index (κ2) is 11.3.